The van der Waals surface area contributed by atoms with Gasteiger partial charge in [0.1, 0.15) is 0 Å². The molecule has 0 fully saturated rings. The molecule has 0 saturated heterocycles. The second-order valence-electron chi connectivity index (χ2n) is 5.20. The highest BCUT2D eigenvalue weighted by atomic mass is 16.6. The third kappa shape index (κ3) is 5.93. The lowest BCUT2D eigenvalue weighted by molar-refractivity contribution is -0.386. The Morgan fingerprint density at radius 1 is 1.10 bits per heavy atom. The van der Waals surface area contributed by atoms with Crippen LogP contribution in [0.2, 0.25) is 0 Å². The number of hydrogen-bond acceptors (Lipinski definition) is 4. The van der Waals surface area contributed by atoms with Crippen LogP contribution in [0.15, 0.2) is 15.8 Å². The molecule has 0 radical (unpaired) electrons. The van der Waals surface area contributed by atoms with E-state index in [9.17, 15) is 19.7 Å². The van der Waals surface area contributed by atoms with Crippen molar-refractivity contribution in [3.05, 3.63) is 37.1 Å². The van der Waals surface area contributed by atoms with Crippen LogP contribution in [-0.4, -0.2) is 14.5 Å². The van der Waals surface area contributed by atoms with E-state index in [1.54, 1.807) is 0 Å². The molecule has 1 aromatic heterocycles. The van der Waals surface area contributed by atoms with Crippen LogP contribution >= 0.6 is 0 Å². The van der Waals surface area contributed by atoms with Crippen LogP contribution in [0.4, 0.5) is 5.69 Å². The molecular weight excluding hydrogens is 274 g/mol. The summed E-state index contributed by atoms with van der Waals surface area (Å²) in [6.07, 6.45) is 10.1. The number of nitro groups is 1. The van der Waals surface area contributed by atoms with Crippen molar-refractivity contribution in [2.75, 3.05) is 0 Å². The van der Waals surface area contributed by atoms with Crippen LogP contribution in [0.1, 0.15) is 58.3 Å². The zero-order chi connectivity index (χ0) is 15.7. The van der Waals surface area contributed by atoms with E-state index in [4.69, 9.17) is 0 Å². The van der Waals surface area contributed by atoms with E-state index < -0.39 is 21.9 Å². The van der Waals surface area contributed by atoms with Crippen molar-refractivity contribution in [3.8, 4) is 0 Å². The molecular formula is C14H23N3O4. The van der Waals surface area contributed by atoms with Gasteiger partial charge >= 0.3 is 16.9 Å². The summed E-state index contributed by atoms with van der Waals surface area (Å²) in [5.74, 6) is 0. The number of nitrogens with one attached hydrogen (secondary N) is 1. The zero-order valence-electron chi connectivity index (χ0n) is 12.5. The highest BCUT2D eigenvalue weighted by molar-refractivity contribution is 5.20. The summed E-state index contributed by atoms with van der Waals surface area (Å²) in [6.45, 7) is 2.58. The SMILES string of the molecule is CCCCCCCCCCn1cc([N+](=O)[O-])c(=O)[nH]c1=O. The van der Waals surface area contributed by atoms with Crippen molar-refractivity contribution in [2.45, 2.75) is 64.8 Å². The van der Waals surface area contributed by atoms with Crippen LogP contribution < -0.4 is 11.2 Å². The molecule has 0 saturated carbocycles. The molecule has 0 aromatic carbocycles. The number of aryl methyl sites for hydroxylation is 1. The first kappa shape index (κ1) is 17.1. The van der Waals surface area contributed by atoms with E-state index in [1.165, 1.54) is 36.7 Å². The molecule has 1 rings (SSSR count). The van der Waals surface area contributed by atoms with Crippen molar-refractivity contribution < 1.29 is 4.92 Å². The second-order valence-corrected chi connectivity index (χ2v) is 5.20. The first-order chi connectivity index (χ1) is 10.1. The van der Waals surface area contributed by atoms with Crippen LogP contribution in [0.25, 0.3) is 0 Å². The molecule has 0 unspecified atom stereocenters. The van der Waals surface area contributed by atoms with Gasteiger partial charge in [0.2, 0.25) is 0 Å². The quantitative estimate of drug-likeness (QED) is 0.407. The van der Waals surface area contributed by atoms with Crippen molar-refractivity contribution in [1.29, 1.82) is 0 Å². The number of H-pyrrole nitrogens is 1. The Labute approximate surface area is 123 Å². The molecule has 0 aliphatic carbocycles. The van der Waals surface area contributed by atoms with Gasteiger partial charge in [-0.15, -0.1) is 0 Å². The summed E-state index contributed by atoms with van der Waals surface area (Å²) in [7, 11) is 0. The first-order valence-corrected chi connectivity index (χ1v) is 7.54. The summed E-state index contributed by atoms with van der Waals surface area (Å²) in [4.78, 5) is 34.6. The fourth-order valence-electron chi connectivity index (χ4n) is 2.21. The average Bonchev–Trinajstić information content (AvgIpc) is 2.43. The van der Waals surface area contributed by atoms with Gasteiger partial charge in [0.05, 0.1) is 11.1 Å². The minimum Gasteiger partial charge on any atom is -0.294 e. The maximum absolute atomic E-state index is 11.5. The largest absolute Gasteiger partial charge is 0.350 e. The van der Waals surface area contributed by atoms with Gasteiger partial charge in [-0.1, -0.05) is 51.9 Å². The molecule has 1 aromatic rings. The van der Waals surface area contributed by atoms with Crippen LogP contribution in [-0.2, 0) is 6.54 Å². The smallest absolute Gasteiger partial charge is 0.294 e. The predicted octanol–water partition coefficient (Wildman–Crippen LogP) is 2.59. The number of hydrogen-bond donors (Lipinski definition) is 1. The summed E-state index contributed by atoms with van der Waals surface area (Å²) < 4.78 is 1.20. The van der Waals surface area contributed by atoms with Gasteiger partial charge in [-0.25, -0.2) is 4.79 Å². The monoisotopic (exact) mass is 297 g/mol. The molecule has 0 aliphatic rings. The molecule has 0 spiro atoms. The van der Waals surface area contributed by atoms with Gasteiger partial charge in [-0.05, 0) is 6.42 Å². The molecule has 0 bridgehead atoms. The third-order valence-corrected chi connectivity index (χ3v) is 3.44. The van der Waals surface area contributed by atoms with Crippen molar-refractivity contribution in [3.63, 3.8) is 0 Å². The van der Waals surface area contributed by atoms with Crippen LogP contribution in [0.3, 0.4) is 0 Å². The maximum atomic E-state index is 11.5. The molecule has 1 heterocycles. The minimum atomic E-state index is -0.947. The molecule has 0 atom stereocenters. The Morgan fingerprint density at radius 3 is 2.24 bits per heavy atom. The average molecular weight is 297 g/mol. The van der Waals surface area contributed by atoms with Crippen LogP contribution in [0, 0.1) is 10.1 Å². The molecule has 0 aliphatic heterocycles. The predicted molar refractivity (Wildman–Crippen MR) is 80.6 cm³/mol. The lowest BCUT2D eigenvalue weighted by Crippen LogP contribution is -2.30. The Morgan fingerprint density at radius 2 is 1.67 bits per heavy atom. The fraction of sp³-hybridized carbons (Fsp3) is 0.714. The Hall–Kier alpha value is -1.92. The number of rotatable bonds is 10. The van der Waals surface area contributed by atoms with Crippen molar-refractivity contribution in [2.24, 2.45) is 0 Å². The molecule has 21 heavy (non-hydrogen) atoms. The number of aromatic amines is 1. The second kappa shape index (κ2) is 9.10. The van der Waals surface area contributed by atoms with E-state index in [1.807, 2.05) is 4.98 Å². The molecule has 118 valence electrons. The third-order valence-electron chi connectivity index (χ3n) is 3.44. The Bertz CT molecular complexity index is 562. The lowest BCUT2D eigenvalue weighted by atomic mass is 10.1. The lowest BCUT2D eigenvalue weighted by Gasteiger charge is -2.05. The molecule has 7 heteroatoms. The Kier molecular flexibility index (Phi) is 7.42. The number of aromatic nitrogens is 2. The zero-order valence-corrected chi connectivity index (χ0v) is 12.5. The van der Waals surface area contributed by atoms with E-state index in [0.717, 1.165) is 25.5 Å². The highest BCUT2D eigenvalue weighted by Crippen LogP contribution is 2.09. The van der Waals surface area contributed by atoms with E-state index >= 15 is 0 Å². The number of unbranched alkanes of at least 4 members (excludes halogenated alkanes) is 7. The number of nitrogens with zero attached hydrogens (tertiary/aromatic N) is 2. The summed E-state index contributed by atoms with van der Waals surface area (Å²) >= 11 is 0. The van der Waals surface area contributed by atoms with Crippen molar-refractivity contribution in [1.82, 2.24) is 9.55 Å². The van der Waals surface area contributed by atoms with Gasteiger partial charge in [-0.2, -0.15) is 0 Å². The summed E-state index contributed by atoms with van der Waals surface area (Å²) in [5, 5.41) is 10.7. The highest BCUT2D eigenvalue weighted by Gasteiger charge is 2.14. The van der Waals surface area contributed by atoms with Gasteiger partial charge < -0.3 is 0 Å². The van der Waals surface area contributed by atoms with Gasteiger partial charge in [0.25, 0.3) is 0 Å². The standard InChI is InChI=1S/C14H23N3O4/c1-2-3-4-5-6-7-8-9-10-16-11-12(17(20)21)13(18)15-14(16)19/h11H,2-10H2,1H3,(H,15,18,19). The van der Waals surface area contributed by atoms with Crippen molar-refractivity contribution >= 4 is 5.69 Å². The molecule has 1 N–H and O–H groups in total. The van der Waals surface area contributed by atoms with E-state index in [0.29, 0.717) is 6.54 Å². The van der Waals surface area contributed by atoms with Crippen LogP contribution in [0.5, 0.6) is 0 Å². The van der Waals surface area contributed by atoms with Gasteiger partial charge in [0, 0.05) is 6.54 Å². The maximum Gasteiger partial charge on any atom is 0.350 e. The fourth-order valence-corrected chi connectivity index (χ4v) is 2.21. The van der Waals surface area contributed by atoms with Gasteiger partial charge in [0.15, 0.2) is 0 Å². The molecule has 7 nitrogen and oxygen atoms in total. The first-order valence-electron chi connectivity index (χ1n) is 7.54. The van der Waals surface area contributed by atoms with E-state index in [2.05, 4.69) is 6.92 Å². The normalized spacial score (nSPS) is 10.7. The minimum absolute atomic E-state index is 0.394. The van der Waals surface area contributed by atoms with Gasteiger partial charge in [-0.3, -0.25) is 24.5 Å². The summed E-state index contributed by atoms with van der Waals surface area (Å²) in [6, 6.07) is 0. The topological polar surface area (TPSA) is 98.0 Å². The molecule has 0 amide bonds. The summed E-state index contributed by atoms with van der Waals surface area (Å²) in [5.41, 5.74) is -2.13. The van der Waals surface area contributed by atoms with E-state index in [-0.39, 0.29) is 0 Å². The Balaban J connectivity index is 2.39.